The number of ether oxygens (including phenoxy) is 2. The fraction of sp³-hybridized carbons (Fsp3) is 0.231. The van der Waals surface area contributed by atoms with Crippen molar-refractivity contribution in [2.24, 2.45) is 0 Å². The van der Waals surface area contributed by atoms with Crippen molar-refractivity contribution < 1.29 is 29.3 Å². The molecular weight excluding hydrogens is 436 g/mol. The minimum absolute atomic E-state index is 0.0651. The van der Waals surface area contributed by atoms with Gasteiger partial charge in [0.15, 0.2) is 6.61 Å². The normalized spacial score (nSPS) is 15.8. The van der Waals surface area contributed by atoms with Gasteiger partial charge in [-0.1, -0.05) is 54.6 Å². The van der Waals surface area contributed by atoms with E-state index >= 15 is 0 Å². The number of aliphatic hydroxyl groups is 2. The maximum atomic E-state index is 12.3. The van der Waals surface area contributed by atoms with E-state index < -0.39 is 18.3 Å². The van der Waals surface area contributed by atoms with Crippen LogP contribution in [0.15, 0.2) is 66.7 Å². The van der Waals surface area contributed by atoms with Gasteiger partial charge >= 0.3 is 6.09 Å². The van der Waals surface area contributed by atoms with Gasteiger partial charge in [-0.25, -0.2) is 4.79 Å². The number of aliphatic hydroxyl groups excluding tert-OH is 2. The van der Waals surface area contributed by atoms with E-state index in [4.69, 9.17) is 9.47 Å². The standard InChI is InChI=1S/C26H24N2O6/c29-22(25(31)15-9-10-21-23(11-15)33-14-24(30)28-21)12-27-26(32)34-13-20-18-7-3-1-5-16(18)17-6-2-4-8-19(17)20/h1-11,20,22,25,29,31H,12-14H2,(H,27,32)(H,28,30). The molecule has 0 fully saturated rings. The molecule has 0 aromatic heterocycles. The van der Waals surface area contributed by atoms with Crippen molar-refractivity contribution >= 4 is 17.7 Å². The zero-order chi connectivity index (χ0) is 23.7. The summed E-state index contributed by atoms with van der Waals surface area (Å²) in [6.07, 6.45) is -3.21. The average Bonchev–Trinajstić information content (AvgIpc) is 3.19. The van der Waals surface area contributed by atoms with E-state index in [1.54, 1.807) is 18.2 Å². The maximum absolute atomic E-state index is 12.3. The Morgan fingerprint density at radius 3 is 2.44 bits per heavy atom. The van der Waals surface area contributed by atoms with Crippen LogP contribution in [0.2, 0.25) is 0 Å². The Morgan fingerprint density at radius 2 is 1.74 bits per heavy atom. The summed E-state index contributed by atoms with van der Waals surface area (Å²) in [6.45, 7) is -0.155. The van der Waals surface area contributed by atoms with Gasteiger partial charge in [0.05, 0.1) is 5.69 Å². The van der Waals surface area contributed by atoms with E-state index in [0.29, 0.717) is 17.0 Å². The summed E-state index contributed by atoms with van der Waals surface area (Å²) < 4.78 is 10.8. The Morgan fingerprint density at radius 1 is 1.06 bits per heavy atom. The molecule has 3 aromatic rings. The Balaban J connectivity index is 1.17. The second-order valence-corrected chi connectivity index (χ2v) is 8.31. The number of carbonyl (C=O) groups excluding carboxylic acids is 2. The number of fused-ring (bicyclic) bond motifs is 4. The van der Waals surface area contributed by atoms with Gasteiger partial charge in [-0.3, -0.25) is 4.79 Å². The molecule has 3 aromatic carbocycles. The lowest BCUT2D eigenvalue weighted by Gasteiger charge is -2.22. The van der Waals surface area contributed by atoms with Crippen LogP contribution in [0.3, 0.4) is 0 Å². The second kappa shape index (κ2) is 9.17. The minimum Gasteiger partial charge on any atom is -0.482 e. The number of hydrogen-bond donors (Lipinski definition) is 4. The van der Waals surface area contributed by atoms with Gasteiger partial charge in [0.1, 0.15) is 24.6 Å². The lowest BCUT2D eigenvalue weighted by Crippen LogP contribution is -2.36. The molecule has 8 nitrogen and oxygen atoms in total. The third kappa shape index (κ3) is 4.21. The highest BCUT2D eigenvalue weighted by Crippen LogP contribution is 2.44. The fourth-order valence-corrected chi connectivity index (χ4v) is 4.45. The summed E-state index contributed by atoms with van der Waals surface area (Å²) in [7, 11) is 0. The average molecular weight is 460 g/mol. The Hall–Kier alpha value is -3.88. The summed E-state index contributed by atoms with van der Waals surface area (Å²) in [5.74, 6) is 0.0885. The van der Waals surface area contributed by atoms with E-state index in [1.165, 1.54) is 0 Å². The van der Waals surface area contributed by atoms with Crippen LogP contribution in [0.4, 0.5) is 10.5 Å². The molecule has 34 heavy (non-hydrogen) atoms. The van der Waals surface area contributed by atoms with Gasteiger partial charge in [0, 0.05) is 12.5 Å². The summed E-state index contributed by atoms with van der Waals surface area (Å²) in [5, 5.41) is 26.0. The van der Waals surface area contributed by atoms with Gasteiger partial charge < -0.3 is 30.3 Å². The molecule has 2 aliphatic rings. The zero-order valence-corrected chi connectivity index (χ0v) is 18.2. The quantitative estimate of drug-likeness (QED) is 0.449. The van der Waals surface area contributed by atoms with E-state index in [2.05, 4.69) is 22.8 Å². The van der Waals surface area contributed by atoms with Crippen LogP contribution in [0.1, 0.15) is 28.7 Å². The smallest absolute Gasteiger partial charge is 0.407 e. The first-order valence-corrected chi connectivity index (χ1v) is 11.0. The van der Waals surface area contributed by atoms with Crippen LogP contribution in [0.25, 0.3) is 11.1 Å². The lowest BCUT2D eigenvalue weighted by molar-refractivity contribution is -0.118. The molecule has 0 saturated carbocycles. The molecule has 174 valence electrons. The number of hydrogen-bond acceptors (Lipinski definition) is 6. The zero-order valence-electron chi connectivity index (χ0n) is 18.2. The second-order valence-electron chi connectivity index (χ2n) is 8.31. The van der Waals surface area contributed by atoms with Crippen molar-refractivity contribution in [3.05, 3.63) is 83.4 Å². The van der Waals surface area contributed by atoms with Gasteiger partial charge in [-0.05, 0) is 39.9 Å². The van der Waals surface area contributed by atoms with Crippen molar-refractivity contribution in [1.29, 1.82) is 0 Å². The Labute approximate surface area is 196 Å². The number of anilines is 1. The molecule has 0 radical (unpaired) electrons. The van der Waals surface area contributed by atoms with Crippen molar-refractivity contribution in [3.8, 4) is 16.9 Å². The summed E-state index contributed by atoms with van der Waals surface area (Å²) in [5.41, 5.74) is 5.39. The number of alkyl carbamates (subject to hydrolysis) is 1. The van der Waals surface area contributed by atoms with Crippen LogP contribution < -0.4 is 15.4 Å². The molecule has 2 atom stereocenters. The first-order chi connectivity index (χ1) is 16.5. The third-order valence-corrected chi connectivity index (χ3v) is 6.14. The molecule has 0 saturated heterocycles. The van der Waals surface area contributed by atoms with Crippen LogP contribution in [-0.2, 0) is 9.53 Å². The third-order valence-electron chi connectivity index (χ3n) is 6.14. The van der Waals surface area contributed by atoms with Gasteiger partial charge in [-0.15, -0.1) is 0 Å². The minimum atomic E-state index is -1.27. The first kappa shape index (κ1) is 21.9. The molecule has 1 heterocycles. The Bertz CT molecular complexity index is 1200. The monoisotopic (exact) mass is 460 g/mol. The number of carbonyl (C=O) groups is 2. The molecule has 0 spiro atoms. The lowest BCUT2D eigenvalue weighted by atomic mass is 9.98. The van der Waals surface area contributed by atoms with Crippen molar-refractivity contribution in [2.45, 2.75) is 18.1 Å². The SMILES string of the molecule is O=C1COc2cc(C(O)C(O)CNC(=O)OCC3c4ccccc4-c4ccccc43)ccc2N1. The van der Waals surface area contributed by atoms with E-state index in [0.717, 1.165) is 22.3 Å². The first-order valence-electron chi connectivity index (χ1n) is 11.0. The maximum Gasteiger partial charge on any atom is 0.407 e. The summed E-state index contributed by atoms with van der Waals surface area (Å²) in [4.78, 5) is 23.7. The van der Waals surface area contributed by atoms with Crippen molar-refractivity contribution in [3.63, 3.8) is 0 Å². The number of rotatable bonds is 6. The highest BCUT2D eigenvalue weighted by molar-refractivity contribution is 5.95. The summed E-state index contributed by atoms with van der Waals surface area (Å²) in [6, 6.07) is 20.8. The molecule has 8 heteroatoms. The molecule has 2 amide bonds. The Kier molecular flexibility index (Phi) is 5.91. The molecule has 5 rings (SSSR count). The van der Waals surface area contributed by atoms with Crippen molar-refractivity contribution in [2.75, 3.05) is 25.1 Å². The van der Waals surface area contributed by atoms with Gasteiger partial charge in [-0.2, -0.15) is 0 Å². The molecule has 2 unspecified atom stereocenters. The van der Waals surface area contributed by atoms with E-state index in [1.807, 2.05) is 36.4 Å². The number of nitrogens with one attached hydrogen (secondary N) is 2. The van der Waals surface area contributed by atoms with Crippen molar-refractivity contribution in [1.82, 2.24) is 5.32 Å². The topological polar surface area (TPSA) is 117 Å². The predicted octanol–water partition coefficient (Wildman–Crippen LogP) is 2.95. The van der Waals surface area contributed by atoms with Crippen LogP contribution in [-0.4, -0.2) is 48.1 Å². The number of amides is 2. The molecule has 1 aliphatic carbocycles. The molecule has 1 aliphatic heterocycles. The molecule has 0 bridgehead atoms. The highest BCUT2D eigenvalue weighted by atomic mass is 16.5. The highest BCUT2D eigenvalue weighted by Gasteiger charge is 2.29. The van der Waals surface area contributed by atoms with Crippen LogP contribution >= 0.6 is 0 Å². The van der Waals surface area contributed by atoms with Gasteiger partial charge in [0.25, 0.3) is 5.91 Å². The van der Waals surface area contributed by atoms with E-state index in [9.17, 15) is 19.8 Å². The number of benzene rings is 3. The fourth-order valence-electron chi connectivity index (χ4n) is 4.45. The molecule has 4 N–H and O–H groups in total. The van der Waals surface area contributed by atoms with Crippen LogP contribution in [0.5, 0.6) is 5.75 Å². The summed E-state index contributed by atoms with van der Waals surface area (Å²) >= 11 is 0. The largest absolute Gasteiger partial charge is 0.482 e. The molecular formula is C26H24N2O6. The van der Waals surface area contributed by atoms with Gasteiger partial charge in [0.2, 0.25) is 0 Å². The van der Waals surface area contributed by atoms with Crippen LogP contribution in [0, 0.1) is 0 Å². The predicted molar refractivity (Wildman–Crippen MR) is 125 cm³/mol. The van der Waals surface area contributed by atoms with E-state index in [-0.39, 0.29) is 31.6 Å².